The van der Waals surface area contributed by atoms with E-state index < -0.39 is 12.6 Å². The Bertz CT molecular complexity index is 416. The van der Waals surface area contributed by atoms with E-state index in [-0.39, 0.29) is 13.0 Å². The SMILES string of the molecule is FC(F)(F)CCCOCc1cccc(CNC2CC2)c1. The van der Waals surface area contributed by atoms with Crippen molar-refractivity contribution in [2.24, 2.45) is 0 Å². The van der Waals surface area contributed by atoms with Crippen LogP contribution in [0.4, 0.5) is 13.2 Å². The van der Waals surface area contributed by atoms with E-state index in [1.165, 1.54) is 18.4 Å². The molecule has 0 unspecified atom stereocenters. The molecule has 0 atom stereocenters. The molecule has 2 nitrogen and oxygen atoms in total. The van der Waals surface area contributed by atoms with Gasteiger partial charge in [0.15, 0.2) is 0 Å². The van der Waals surface area contributed by atoms with Crippen molar-refractivity contribution in [3.05, 3.63) is 35.4 Å². The second kappa shape index (κ2) is 7.09. The third-order valence-corrected chi connectivity index (χ3v) is 3.18. The number of alkyl halides is 3. The smallest absolute Gasteiger partial charge is 0.377 e. The molecule has 1 aromatic carbocycles. The molecule has 0 bridgehead atoms. The van der Waals surface area contributed by atoms with Gasteiger partial charge in [0.05, 0.1) is 6.61 Å². The predicted molar refractivity (Wildman–Crippen MR) is 71.2 cm³/mol. The van der Waals surface area contributed by atoms with E-state index in [9.17, 15) is 13.2 Å². The maximum atomic E-state index is 12.0. The molecular formula is C15H20F3NO. The van der Waals surface area contributed by atoms with E-state index in [1.807, 2.05) is 24.3 Å². The van der Waals surface area contributed by atoms with Gasteiger partial charge in [-0.1, -0.05) is 24.3 Å². The molecule has 1 fully saturated rings. The topological polar surface area (TPSA) is 21.3 Å². The lowest BCUT2D eigenvalue weighted by molar-refractivity contribution is -0.138. The van der Waals surface area contributed by atoms with E-state index in [1.54, 1.807) is 0 Å². The van der Waals surface area contributed by atoms with Crippen molar-refractivity contribution < 1.29 is 17.9 Å². The molecule has 5 heteroatoms. The molecule has 0 amide bonds. The molecule has 0 aliphatic heterocycles. The Morgan fingerprint density at radius 1 is 1.20 bits per heavy atom. The molecule has 0 saturated heterocycles. The van der Waals surface area contributed by atoms with Gasteiger partial charge in [-0.3, -0.25) is 0 Å². The molecule has 112 valence electrons. The molecular weight excluding hydrogens is 267 g/mol. The van der Waals surface area contributed by atoms with Crippen LogP contribution in [0.15, 0.2) is 24.3 Å². The summed E-state index contributed by atoms with van der Waals surface area (Å²) in [5, 5.41) is 3.43. The molecule has 0 radical (unpaired) electrons. The van der Waals surface area contributed by atoms with E-state index >= 15 is 0 Å². The molecule has 0 aromatic heterocycles. The third-order valence-electron chi connectivity index (χ3n) is 3.18. The predicted octanol–water partition coefficient (Wildman–Crippen LogP) is 3.80. The van der Waals surface area contributed by atoms with Crippen molar-refractivity contribution in [3.63, 3.8) is 0 Å². The zero-order valence-electron chi connectivity index (χ0n) is 11.4. The summed E-state index contributed by atoms with van der Waals surface area (Å²) in [6.07, 6.45) is -2.34. The molecule has 0 spiro atoms. The maximum absolute atomic E-state index is 12.0. The highest BCUT2D eigenvalue weighted by Crippen LogP contribution is 2.21. The van der Waals surface area contributed by atoms with E-state index in [0.29, 0.717) is 12.6 Å². The second-order valence-corrected chi connectivity index (χ2v) is 5.25. The van der Waals surface area contributed by atoms with Gasteiger partial charge in [-0.25, -0.2) is 0 Å². The number of halogens is 3. The first-order valence-electron chi connectivity index (χ1n) is 6.99. The van der Waals surface area contributed by atoms with Crippen LogP contribution in [0.5, 0.6) is 0 Å². The fraction of sp³-hybridized carbons (Fsp3) is 0.600. The molecule has 0 heterocycles. The molecule has 1 saturated carbocycles. The van der Waals surface area contributed by atoms with Crippen LogP contribution in [0.25, 0.3) is 0 Å². The maximum Gasteiger partial charge on any atom is 0.389 e. The van der Waals surface area contributed by atoms with Crippen LogP contribution in [-0.2, 0) is 17.9 Å². The highest BCUT2D eigenvalue weighted by Gasteiger charge is 2.25. The van der Waals surface area contributed by atoms with E-state index in [2.05, 4.69) is 5.32 Å². The fourth-order valence-corrected chi connectivity index (χ4v) is 1.94. The van der Waals surface area contributed by atoms with Gasteiger partial charge in [-0.2, -0.15) is 13.2 Å². The highest BCUT2D eigenvalue weighted by molar-refractivity contribution is 5.23. The molecule has 1 aliphatic rings. The lowest BCUT2D eigenvalue weighted by atomic mass is 10.1. The number of hydrogen-bond acceptors (Lipinski definition) is 2. The fourth-order valence-electron chi connectivity index (χ4n) is 1.94. The van der Waals surface area contributed by atoms with E-state index in [4.69, 9.17) is 4.74 Å². The van der Waals surface area contributed by atoms with Crippen molar-refractivity contribution in [3.8, 4) is 0 Å². The second-order valence-electron chi connectivity index (χ2n) is 5.25. The quantitative estimate of drug-likeness (QED) is 0.734. The lowest BCUT2D eigenvalue weighted by Crippen LogP contribution is -2.15. The first-order valence-corrected chi connectivity index (χ1v) is 6.99. The third kappa shape index (κ3) is 6.39. The van der Waals surface area contributed by atoms with Crippen LogP contribution in [0.2, 0.25) is 0 Å². The number of benzene rings is 1. The molecule has 20 heavy (non-hydrogen) atoms. The Kier molecular flexibility index (Phi) is 5.43. The monoisotopic (exact) mass is 287 g/mol. The zero-order valence-corrected chi connectivity index (χ0v) is 11.4. The van der Waals surface area contributed by atoms with Crippen molar-refractivity contribution >= 4 is 0 Å². The number of rotatable bonds is 8. The molecule has 2 rings (SSSR count). The standard InChI is InChI=1S/C15H20F3NO/c16-15(17,18)7-2-8-20-11-13-4-1-3-12(9-13)10-19-14-5-6-14/h1,3-4,9,14,19H,2,5-8,10-11H2. The average molecular weight is 287 g/mol. The molecule has 1 aromatic rings. The van der Waals surface area contributed by atoms with Crippen LogP contribution in [0, 0.1) is 0 Å². The lowest BCUT2D eigenvalue weighted by Gasteiger charge is -2.08. The number of hydrogen-bond donors (Lipinski definition) is 1. The van der Waals surface area contributed by atoms with Gasteiger partial charge in [-0.05, 0) is 30.4 Å². The summed E-state index contributed by atoms with van der Waals surface area (Å²) in [6, 6.07) is 8.64. The Morgan fingerprint density at radius 3 is 2.65 bits per heavy atom. The molecule has 1 aliphatic carbocycles. The van der Waals surface area contributed by atoms with Crippen molar-refractivity contribution in [2.45, 2.75) is 51.1 Å². The Labute approximate surface area is 117 Å². The van der Waals surface area contributed by atoms with Gasteiger partial charge < -0.3 is 10.1 Å². The summed E-state index contributed by atoms with van der Waals surface area (Å²) in [5.41, 5.74) is 2.19. The van der Waals surface area contributed by atoms with Gasteiger partial charge in [0.25, 0.3) is 0 Å². The van der Waals surface area contributed by atoms with Crippen molar-refractivity contribution in [1.82, 2.24) is 5.32 Å². The van der Waals surface area contributed by atoms with Crippen LogP contribution in [0.3, 0.4) is 0 Å². The normalized spacial score (nSPS) is 15.6. The summed E-state index contributed by atoms with van der Waals surface area (Å²) in [6.45, 7) is 1.35. The zero-order chi connectivity index (χ0) is 14.4. The Hall–Kier alpha value is -1.07. The summed E-state index contributed by atoms with van der Waals surface area (Å²) < 4.78 is 41.1. The van der Waals surface area contributed by atoms with Gasteiger partial charge in [-0.15, -0.1) is 0 Å². The first-order chi connectivity index (χ1) is 9.53. The van der Waals surface area contributed by atoms with Gasteiger partial charge in [0.1, 0.15) is 0 Å². The van der Waals surface area contributed by atoms with Crippen LogP contribution in [-0.4, -0.2) is 18.8 Å². The summed E-state index contributed by atoms with van der Waals surface area (Å²) in [4.78, 5) is 0. The van der Waals surface area contributed by atoms with Crippen LogP contribution in [0.1, 0.15) is 36.8 Å². The van der Waals surface area contributed by atoms with Crippen molar-refractivity contribution in [2.75, 3.05) is 6.61 Å². The summed E-state index contributed by atoms with van der Waals surface area (Å²) in [5.74, 6) is 0. The minimum absolute atomic E-state index is 0.0203. The number of nitrogens with one attached hydrogen (secondary N) is 1. The minimum Gasteiger partial charge on any atom is -0.377 e. The van der Waals surface area contributed by atoms with Gasteiger partial charge in [0, 0.05) is 25.6 Å². The number of ether oxygens (including phenoxy) is 1. The van der Waals surface area contributed by atoms with Gasteiger partial charge in [0.2, 0.25) is 0 Å². The van der Waals surface area contributed by atoms with Crippen LogP contribution >= 0.6 is 0 Å². The van der Waals surface area contributed by atoms with Crippen molar-refractivity contribution in [1.29, 1.82) is 0 Å². The van der Waals surface area contributed by atoms with Gasteiger partial charge >= 0.3 is 6.18 Å². The van der Waals surface area contributed by atoms with Crippen LogP contribution < -0.4 is 5.32 Å². The highest BCUT2D eigenvalue weighted by atomic mass is 19.4. The minimum atomic E-state index is -4.09. The molecule has 1 N–H and O–H groups in total. The average Bonchev–Trinajstić information content (AvgIpc) is 3.19. The first kappa shape index (κ1) is 15.3. The summed E-state index contributed by atoms with van der Waals surface area (Å²) >= 11 is 0. The Balaban J connectivity index is 1.65. The summed E-state index contributed by atoms with van der Waals surface area (Å²) in [7, 11) is 0. The largest absolute Gasteiger partial charge is 0.389 e. The Morgan fingerprint density at radius 2 is 1.95 bits per heavy atom. The van der Waals surface area contributed by atoms with E-state index in [0.717, 1.165) is 12.1 Å².